The highest BCUT2D eigenvalue weighted by Gasteiger charge is 2.23. The van der Waals surface area contributed by atoms with Gasteiger partial charge in [0.25, 0.3) is 6.43 Å². The minimum absolute atomic E-state index is 0.117. The Labute approximate surface area is 116 Å². The third kappa shape index (κ3) is 4.79. The molecule has 1 aromatic rings. The van der Waals surface area contributed by atoms with E-state index in [1.807, 2.05) is 18.6 Å². The van der Waals surface area contributed by atoms with Gasteiger partial charge in [-0.05, 0) is 17.9 Å². The maximum atomic E-state index is 12.1. The summed E-state index contributed by atoms with van der Waals surface area (Å²) in [4.78, 5) is 0.749. The van der Waals surface area contributed by atoms with E-state index in [0.717, 1.165) is 0 Å². The predicted octanol–water partition coefficient (Wildman–Crippen LogP) is 2.10. The number of nitrogens with one attached hydrogen (secondary N) is 2. The molecule has 0 aliphatic rings. The molecule has 0 amide bonds. The van der Waals surface area contributed by atoms with Crippen molar-refractivity contribution in [1.29, 1.82) is 0 Å². The summed E-state index contributed by atoms with van der Waals surface area (Å²) in [5.41, 5.74) is 0.576. The summed E-state index contributed by atoms with van der Waals surface area (Å²) in [6.07, 6.45) is -2.70. The van der Waals surface area contributed by atoms with Crippen molar-refractivity contribution in [2.45, 2.75) is 44.7 Å². The predicted molar refractivity (Wildman–Crippen MR) is 72.2 cm³/mol. The highest BCUT2D eigenvalue weighted by Crippen LogP contribution is 2.26. The maximum absolute atomic E-state index is 12.1. The highest BCUT2D eigenvalue weighted by molar-refractivity contribution is 7.89. The van der Waals surface area contributed by atoms with Gasteiger partial charge in [0.1, 0.15) is 4.90 Å². The van der Waals surface area contributed by atoms with Crippen molar-refractivity contribution in [2.75, 3.05) is 6.54 Å². The molecule has 0 fully saturated rings. The molecule has 0 unspecified atom stereocenters. The van der Waals surface area contributed by atoms with Gasteiger partial charge in [-0.2, -0.15) is 0 Å². The summed E-state index contributed by atoms with van der Waals surface area (Å²) >= 11 is 1.31. The summed E-state index contributed by atoms with van der Waals surface area (Å²) in [7, 11) is -3.88. The van der Waals surface area contributed by atoms with E-state index in [0.29, 0.717) is 17.0 Å². The monoisotopic (exact) mass is 312 g/mol. The lowest BCUT2D eigenvalue weighted by Crippen LogP contribution is -2.30. The van der Waals surface area contributed by atoms with Gasteiger partial charge in [-0.15, -0.1) is 11.3 Å². The molecule has 19 heavy (non-hydrogen) atoms. The average Bonchev–Trinajstić information content (AvgIpc) is 2.66. The lowest BCUT2D eigenvalue weighted by atomic mass is 10.3. The molecule has 4 nitrogen and oxygen atoms in total. The number of thiophene rings is 1. The van der Waals surface area contributed by atoms with Crippen LogP contribution in [0.5, 0.6) is 0 Å². The zero-order chi connectivity index (χ0) is 14.6. The van der Waals surface area contributed by atoms with Gasteiger partial charge in [0.2, 0.25) is 10.0 Å². The fourth-order valence-electron chi connectivity index (χ4n) is 1.51. The van der Waals surface area contributed by atoms with Crippen LogP contribution in [0.25, 0.3) is 0 Å². The third-order valence-corrected chi connectivity index (χ3v) is 5.24. The molecule has 8 heteroatoms. The first-order valence-corrected chi connectivity index (χ1v) is 8.18. The quantitative estimate of drug-likeness (QED) is 0.810. The van der Waals surface area contributed by atoms with Crippen LogP contribution >= 0.6 is 11.3 Å². The number of halogens is 2. The van der Waals surface area contributed by atoms with Gasteiger partial charge < -0.3 is 5.32 Å². The summed E-state index contributed by atoms with van der Waals surface area (Å²) in [5, 5.41) is 4.84. The number of aryl methyl sites for hydroxylation is 1. The molecule has 0 aliphatic carbocycles. The molecule has 1 rings (SSSR count). The maximum Gasteiger partial charge on any atom is 0.251 e. The smallest absolute Gasteiger partial charge is 0.251 e. The first-order valence-electron chi connectivity index (χ1n) is 5.82. The lowest BCUT2D eigenvalue weighted by Gasteiger charge is -2.11. The third-order valence-electron chi connectivity index (χ3n) is 2.36. The summed E-state index contributed by atoms with van der Waals surface area (Å²) in [6.45, 7) is 5.09. The first-order chi connectivity index (χ1) is 8.74. The second-order valence-corrected chi connectivity index (χ2v) is 7.12. The Morgan fingerprint density at radius 1 is 1.37 bits per heavy atom. The Balaban J connectivity index is 2.95. The van der Waals surface area contributed by atoms with Crippen LogP contribution < -0.4 is 10.0 Å². The molecular formula is C11H18F2N2O2S2. The van der Waals surface area contributed by atoms with Crippen LogP contribution in [0.1, 0.15) is 24.3 Å². The van der Waals surface area contributed by atoms with Crippen LogP contribution in [-0.4, -0.2) is 27.4 Å². The molecule has 0 saturated heterocycles. The molecule has 0 aromatic carbocycles. The Morgan fingerprint density at radius 2 is 2.00 bits per heavy atom. The second kappa shape index (κ2) is 6.74. The molecule has 0 atom stereocenters. The van der Waals surface area contributed by atoms with Crippen molar-refractivity contribution in [3.05, 3.63) is 15.8 Å². The second-order valence-electron chi connectivity index (χ2n) is 4.45. The molecule has 1 heterocycles. The molecule has 0 spiro atoms. The van der Waals surface area contributed by atoms with E-state index >= 15 is 0 Å². The van der Waals surface area contributed by atoms with Crippen LogP contribution in [0.2, 0.25) is 0 Å². The van der Waals surface area contributed by atoms with Crippen molar-refractivity contribution in [1.82, 2.24) is 10.0 Å². The van der Waals surface area contributed by atoms with E-state index in [4.69, 9.17) is 0 Å². The van der Waals surface area contributed by atoms with Crippen LogP contribution in [0.15, 0.2) is 10.3 Å². The van der Waals surface area contributed by atoms with Crippen molar-refractivity contribution in [3.8, 4) is 0 Å². The summed E-state index contributed by atoms with van der Waals surface area (Å²) in [5.74, 6) is 0. The minimum Gasteiger partial charge on any atom is -0.310 e. The Morgan fingerprint density at radius 3 is 2.53 bits per heavy atom. The fraction of sp³-hybridized carbons (Fsp3) is 0.636. The van der Waals surface area contributed by atoms with Gasteiger partial charge in [0, 0.05) is 17.5 Å². The molecule has 0 aliphatic heterocycles. The van der Waals surface area contributed by atoms with Gasteiger partial charge in [0.05, 0.1) is 6.54 Å². The van der Waals surface area contributed by atoms with E-state index < -0.39 is 23.0 Å². The van der Waals surface area contributed by atoms with E-state index in [1.54, 1.807) is 12.3 Å². The molecular weight excluding hydrogens is 294 g/mol. The zero-order valence-electron chi connectivity index (χ0n) is 11.0. The normalized spacial score (nSPS) is 12.6. The number of sulfonamides is 1. The van der Waals surface area contributed by atoms with Crippen LogP contribution in [-0.2, 0) is 16.6 Å². The Hall–Kier alpha value is -0.570. The van der Waals surface area contributed by atoms with Crippen molar-refractivity contribution < 1.29 is 17.2 Å². The zero-order valence-corrected chi connectivity index (χ0v) is 12.7. The van der Waals surface area contributed by atoms with E-state index in [-0.39, 0.29) is 10.9 Å². The van der Waals surface area contributed by atoms with E-state index in [9.17, 15) is 17.2 Å². The summed E-state index contributed by atoms with van der Waals surface area (Å²) < 4.78 is 50.2. The first kappa shape index (κ1) is 16.5. The van der Waals surface area contributed by atoms with Crippen LogP contribution in [0.3, 0.4) is 0 Å². The largest absolute Gasteiger partial charge is 0.310 e. The van der Waals surface area contributed by atoms with Gasteiger partial charge in [0.15, 0.2) is 0 Å². The minimum atomic E-state index is -3.88. The SMILES string of the molecule is Cc1csc(CNC(C)C)c1S(=O)(=O)NCC(F)F. The number of hydrogen-bond donors (Lipinski definition) is 2. The fourth-order valence-corrected chi connectivity index (χ4v) is 4.28. The highest BCUT2D eigenvalue weighted by atomic mass is 32.2. The van der Waals surface area contributed by atoms with E-state index in [1.165, 1.54) is 11.3 Å². The van der Waals surface area contributed by atoms with Crippen molar-refractivity contribution in [3.63, 3.8) is 0 Å². The topological polar surface area (TPSA) is 58.2 Å². The molecule has 0 radical (unpaired) electrons. The molecule has 110 valence electrons. The van der Waals surface area contributed by atoms with Crippen LogP contribution in [0.4, 0.5) is 8.78 Å². The van der Waals surface area contributed by atoms with Gasteiger partial charge in [-0.3, -0.25) is 0 Å². The number of rotatable bonds is 7. The summed E-state index contributed by atoms with van der Waals surface area (Å²) in [6, 6.07) is 0.215. The molecule has 1 aromatic heterocycles. The van der Waals surface area contributed by atoms with Crippen molar-refractivity contribution in [2.24, 2.45) is 0 Å². The standard InChI is InChI=1S/C11H18F2N2O2S2/c1-7(2)14-4-9-11(8(3)6-18-9)19(16,17)15-5-10(12)13/h6-7,10,14-15H,4-5H2,1-3H3. The molecule has 0 bridgehead atoms. The Kier molecular flexibility index (Phi) is 5.84. The molecule has 0 saturated carbocycles. The van der Waals surface area contributed by atoms with Gasteiger partial charge >= 0.3 is 0 Å². The van der Waals surface area contributed by atoms with Gasteiger partial charge in [-0.25, -0.2) is 21.9 Å². The number of alkyl halides is 2. The van der Waals surface area contributed by atoms with Crippen LogP contribution in [0, 0.1) is 6.92 Å². The number of hydrogen-bond acceptors (Lipinski definition) is 4. The Bertz CT molecular complexity index is 513. The van der Waals surface area contributed by atoms with Gasteiger partial charge in [-0.1, -0.05) is 13.8 Å². The average molecular weight is 312 g/mol. The molecule has 2 N–H and O–H groups in total. The van der Waals surface area contributed by atoms with Crippen molar-refractivity contribution >= 4 is 21.4 Å². The van der Waals surface area contributed by atoms with E-state index in [2.05, 4.69) is 5.32 Å². The lowest BCUT2D eigenvalue weighted by molar-refractivity contribution is 0.153.